The SMILES string of the molecule is Cn1cc(CN2CC=C(c3ccccc3)CC2)c2ccccc21. The molecule has 3 aromatic rings. The quantitative estimate of drug-likeness (QED) is 0.693. The average Bonchev–Trinajstić information content (AvgIpc) is 2.93. The van der Waals surface area contributed by atoms with Gasteiger partial charge in [0.1, 0.15) is 0 Å². The van der Waals surface area contributed by atoms with Gasteiger partial charge in [0.15, 0.2) is 0 Å². The number of para-hydroxylation sites is 1. The Morgan fingerprint density at radius 3 is 2.52 bits per heavy atom. The van der Waals surface area contributed by atoms with Gasteiger partial charge in [0.25, 0.3) is 0 Å². The van der Waals surface area contributed by atoms with E-state index in [0.717, 1.165) is 26.1 Å². The minimum absolute atomic E-state index is 1.03. The molecule has 23 heavy (non-hydrogen) atoms. The van der Waals surface area contributed by atoms with Crippen LogP contribution < -0.4 is 0 Å². The molecule has 0 saturated heterocycles. The molecule has 0 saturated carbocycles. The van der Waals surface area contributed by atoms with Gasteiger partial charge in [0, 0.05) is 43.8 Å². The van der Waals surface area contributed by atoms with E-state index in [2.05, 4.69) is 83.4 Å². The Balaban J connectivity index is 1.52. The molecule has 0 amide bonds. The molecule has 116 valence electrons. The molecule has 2 aromatic carbocycles. The van der Waals surface area contributed by atoms with Gasteiger partial charge in [0.05, 0.1) is 0 Å². The average molecular weight is 302 g/mol. The number of benzene rings is 2. The minimum atomic E-state index is 1.03. The third-order valence-electron chi connectivity index (χ3n) is 4.81. The van der Waals surface area contributed by atoms with Crippen molar-refractivity contribution >= 4 is 16.5 Å². The van der Waals surface area contributed by atoms with Gasteiger partial charge in [-0.1, -0.05) is 54.6 Å². The molecule has 2 heteroatoms. The fraction of sp³-hybridized carbons (Fsp3) is 0.238. The molecule has 1 aliphatic rings. The molecule has 2 nitrogen and oxygen atoms in total. The van der Waals surface area contributed by atoms with Crippen LogP contribution in [0, 0.1) is 0 Å². The van der Waals surface area contributed by atoms with Gasteiger partial charge < -0.3 is 4.57 Å². The van der Waals surface area contributed by atoms with Crippen molar-refractivity contribution in [1.82, 2.24) is 9.47 Å². The van der Waals surface area contributed by atoms with Crippen LogP contribution in [0.1, 0.15) is 17.5 Å². The summed E-state index contributed by atoms with van der Waals surface area (Å²) in [6.45, 7) is 3.19. The van der Waals surface area contributed by atoms with Crippen LogP contribution in [0.15, 0.2) is 66.9 Å². The summed E-state index contributed by atoms with van der Waals surface area (Å²) in [7, 11) is 2.13. The predicted octanol–water partition coefficient (Wildman–Crippen LogP) is 4.47. The van der Waals surface area contributed by atoms with E-state index in [1.807, 2.05) is 0 Å². The lowest BCUT2D eigenvalue weighted by Crippen LogP contribution is -2.27. The van der Waals surface area contributed by atoms with Gasteiger partial charge >= 0.3 is 0 Å². The van der Waals surface area contributed by atoms with E-state index in [1.165, 1.54) is 27.6 Å². The number of hydrogen-bond acceptors (Lipinski definition) is 1. The number of rotatable bonds is 3. The molecule has 0 radical (unpaired) electrons. The number of nitrogens with zero attached hydrogens (tertiary/aromatic N) is 2. The van der Waals surface area contributed by atoms with E-state index in [0.29, 0.717) is 0 Å². The van der Waals surface area contributed by atoms with Crippen LogP contribution in [0.3, 0.4) is 0 Å². The third-order valence-corrected chi connectivity index (χ3v) is 4.81. The number of aryl methyl sites for hydroxylation is 1. The van der Waals surface area contributed by atoms with Crippen LogP contribution in [0.5, 0.6) is 0 Å². The topological polar surface area (TPSA) is 8.17 Å². The summed E-state index contributed by atoms with van der Waals surface area (Å²) >= 11 is 0. The lowest BCUT2D eigenvalue weighted by atomic mass is 9.99. The zero-order valence-electron chi connectivity index (χ0n) is 13.6. The highest BCUT2D eigenvalue weighted by atomic mass is 15.1. The normalized spacial score (nSPS) is 15.8. The fourth-order valence-corrected chi connectivity index (χ4v) is 3.56. The van der Waals surface area contributed by atoms with Crippen LogP contribution in [-0.4, -0.2) is 22.6 Å². The second-order valence-corrected chi connectivity index (χ2v) is 6.36. The lowest BCUT2D eigenvalue weighted by Gasteiger charge is -2.26. The summed E-state index contributed by atoms with van der Waals surface area (Å²) in [5.41, 5.74) is 5.61. The molecule has 4 rings (SSSR count). The van der Waals surface area contributed by atoms with E-state index < -0.39 is 0 Å². The first-order valence-electron chi connectivity index (χ1n) is 8.31. The van der Waals surface area contributed by atoms with Crippen molar-refractivity contribution in [2.45, 2.75) is 13.0 Å². The lowest BCUT2D eigenvalue weighted by molar-refractivity contribution is 0.295. The monoisotopic (exact) mass is 302 g/mol. The first kappa shape index (κ1) is 14.3. The summed E-state index contributed by atoms with van der Waals surface area (Å²) in [6, 6.07) is 19.4. The van der Waals surface area contributed by atoms with Gasteiger partial charge in [-0.3, -0.25) is 4.90 Å². The zero-order valence-corrected chi connectivity index (χ0v) is 13.6. The highest BCUT2D eigenvalue weighted by Crippen LogP contribution is 2.25. The van der Waals surface area contributed by atoms with Crippen molar-refractivity contribution < 1.29 is 0 Å². The van der Waals surface area contributed by atoms with E-state index >= 15 is 0 Å². The largest absolute Gasteiger partial charge is 0.350 e. The molecule has 0 unspecified atom stereocenters. The van der Waals surface area contributed by atoms with Crippen molar-refractivity contribution in [2.24, 2.45) is 7.05 Å². The molecule has 0 spiro atoms. The van der Waals surface area contributed by atoms with Gasteiger partial charge in [-0.15, -0.1) is 0 Å². The summed E-state index contributed by atoms with van der Waals surface area (Å²) < 4.78 is 2.24. The smallest absolute Gasteiger partial charge is 0.0481 e. The Morgan fingerprint density at radius 1 is 0.957 bits per heavy atom. The number of aromatic nitrogens is 1. The molecule has 0 aliphatic carbocycles. The van der Waals surface area contributed by atoms with Crippen molar-refractivity contribution in [3.05, 3.63) is 78.0 Å². The Labute approximate surface area is 137 Å². The van der Waals surface area contributed by atoms with E-state index in [1.54, 1.807) is 0 Å². The third kappa shape index (κ3) is 2.82. The van der Waals surface area contributed by atoms with E-state index in [4.69, 9.17) is 0 Å². The molecule has 1 aromatic heterocycles. The maximum atomic E-state index is 2.54. The molecule has 0 atom stereocenters. The van der Waals surface area contributed by atoms with Gasteiger partial charge in [-0.2, -0.15) is 0 Å². The van der Waals surface area contributed by atoms with Gasteiger partial charge in [-0.05, 0) is 29.2 Å². The maximum Gasteiger partial charge on any atom is 0.0481 e. The molecule has 2 heterocycles. The van der Waals surface area contributed by atoms with Crippen LogP contribution >= 0.6 is 0 Å². The molecular formula is C21H22N2. The standard InChI is InChI=1S/C21H22N2/c1-22-15-19(20-9-5-6-10-21(20)22)16-23-13-11-18(12-14-23)17-7-3-2-4-8-17/h2-11,15H,12-14,16H2,1H3. The highest BCUT2D eigenvalue weighted by Gasteiger charge is 2.15. The fourth-order valence-electron chi connectivity index (χ4n) is 3.56. The van der Waals surface area contributed by atoms with Crippen LogP contribution in [0.4, 0.5) is 0 Å². The van der Waals surface area contributed by atoms with Gasteiger partial charge in [0.2, 0.25) is 0 Å². The van der Waals surface area contributed by atoms with E-state index in [9.17, 15) is 0 Å². The van der Waals surface area contributed by atoms with Crippen LogP contribution in [0.2, 0.25) is 0 Å². The first-order chi connectivity index (χ1) is 11.3. The first-order valence-corrected chi connectivity index (χ1v) is 8.31. The van der Waals surface area contributed by atoms with Crippen molar-refractivity contribution in [3.63, 3.8) is 0 Å². The Morgan fingerprint density at radius 2 is 1.74 bits per heavy atom. The predicted molar refractivity (Wildman–Crippen MR) is 97.2 cm³/mol. The van der Waals surface area contributed by atoms with Gasteiger partial charge in [-0.25, -0.2) is 0 Å². The Bertz CT molecular complexity index is 843. The minimum Gasteiger partial charge on any atom is -0.350 e. The summed E-state index contributed by atoms with van der Waals surface area (Å²) in [4.78, 5) is 2.54. The highest BCUT2D eigenvalue weighted by molar-refractivity contribution is 5.83. The van der Waals surface area contributed by atoms with Crippen LogP contribution in [0.25, 0.3) is 16.5 Å². The summed E-state index contributed by atoms with van der Waals surface area (Å²) in [5, 5.41) is 1.38. The van der Waals surface area contributed by atoms with Crippen molar-refractivity contribution in [3.8, 4) is 0 Å². The van der Waals surface area contributed by atoms with Crippen LogP contribution in [-0.2, 0) is 13.6 Å². The second kappa shape index (κ2) is 6.05. The second-order valence-electron chi connectivity index (χ2n) is 6.36. The Hall–Kier alpha value is -2.32. The number of hydrogen-bond donors (Lipinski definition) is 0. The van der Waals surface area contributed by atoms with Crippen molar-refractivity contribution in [2.75, 3.05) is 13.1 Å². The molecular weight excluding hydrogens is 280 g/mol. The molecule has 0 N–H and O–H groups in total. The zero-order chi connectivity index (χ0) is 15.6. The summed E-state index contributed by atoms with van der Waals surface area (Å²) in [6.07, 6.45) is 5.81. The number of fused-ring (bicyclic) bond motifs is 1. The summed E-state index contributed by atoms with van der Waals surface area (Å²) in [5.74, 6) is 0. The van der Waals surface area contributed by atoms with E-state index in [-0.39, 0.29) is 0 Å². The Kier molecular flexibility index (Phi) is 3.76. The molecule has 1 aliphatic heterocycles. The molecule has 0 bridgehead atoms. The van der Waals surface area contributed by atoms with Crippen molar-refractivity contribution in [1.29, 1.82) is 0 Å². The molecule has 0 fully saturated rings. The maximum absolute atomic E-state index is 2.54.